The fraction of sp³-hybridized carbons (Fsp3) is 0.346. The minimum atomic E-state index is -4.34. The molecule has 2 aromatic heterocycles. The van der Waals surface area contributed by atoms with Gasteiger partial charge < -0.3 is 25.4 Å². The van der Waals surface area contributed by atoms with Gasteiger partial charge >= 0.3 is 0 Å². The minimum absolute atomic E-state index is 0.122. The monoisotopic (exact) mass is 552 g/mol. The third kappa shape index (κ3) is 4.41. The molecule has 0 unspecified atom stereocenters. The molecule has 0 bridgehead atoms. The van der Waals surface area contributed by atoms with E-state index in [0.717, 1.165) is 0 Å². The number of fused-ring (bicyclic) bond motifs is 4. The lowest BCUT2D eigenvalue weighted by Crippen LogP contribution is -2.37. The minimum Gasteiger partial charge on any atom is -0.506 e. The molecule has 12 nitrogen and oxygen atoms in total. The maximum absolute atomic E-state index is 13.6. The molecular formula is C26H28N6O6S. The molecule has 2 aromatic carbocycles. The third-order valence-electron chi connectivity index (χ3n) is 6.84. The SMILES string of the molecule is CC(C)CNn1c(=O)c(C2=NS(=O)(=O)c3c(ccc4oc(CN5CC[C@@H](O)C5)nc34)N2)c(O)c2ccccc21. The first-order chi connectivity index (χ1) is 18.6. The molecule has 1 atom stereocenters. The Morgan fingerprint density at radius 2 is 2.03 bits per heavy atom. The summed E-state index contributed by atoms with van der Waals surface area (Å²) in [4.78, 5) is 19.9. The zero-order chi connectivity index (χ0) is 27.5. The topological polar surface area (TPSA) is 162 Å². The Kier molecular flexibility index (Phi) is 6.08. The first-order valence-corrected chi connectivity index (χ1v) is 14.1. The summed E-state index contributed by atoms with van der Waals surface area (Å²) >= 11 is 0. The maximum Gasteiger partial charge on any atom is 0.288 e. The lowest BCUT2D eigenvalue weighted by atomic mass is 10.1. The zero-order valence-corrected chi connectivity index (χ0v) is 22.2. The Balaban J connectivity index is 1.45. The summed E-state index contributed by atoms with van der Waals surface area (Å²) in [6, 6.07) is 9.91. The number of hydrogen-bond acceptors (Lipinski definition) is 10. The van der Waals surface area contributed by atoms with Crippen LogP contribution < -0.4 is 16.3 Å². The summed E-state index contributed by atoms with van der Waals surface area (Å²) in [7, 11) is -4.34. The Bertz CT molecular complexity index is 1810. The fourth-order valence-corrected chi connectivity index (χ4v) is 6.24. The van der Waals surface area contributed by atoms with Crippen LogP contribution in [0.2, 0.25) is 0 Å². The van der Waals surface area contributed by atoms with Crippen molar-refractivity contribution in [1.29, 1.82) is 0 Å². The van der Waals surface area contributed by atoms with Crippen LogP contribution in [0.1, 0.15) is 31.7 Å². The van der Waals surface area contributed by atoms with Crippen molar-refractivity contribution in [3.05, 3.63) is 58.2 Å². The van der Waals surface area contributed by atoms with Gasteiger partial charge in [-0.05, 0) is 36.6 Å². The summed E-state index contributed by atoms with van der Waals surface area (Å²) in [6.45, 7) is 5.95. The van der Waals surface area contributed by atoms with Crippen LogP contribution in [-0.2, 0) is 16.6 Å². The van der Waals surface area contributed by atoms with Gasteiger partial charge in [-0.2, -0.15) is 8.42 Å². The molecule has 2 aliphatic heterocycles. The lowest BCUT2D eigenvalue weighted by molar-refractivity contribution is 0.171. The van der Waals surface area contributed by atoms with Gasteiger partial charge in [-0.3, -0.25) is 9.69 Å². The van der Waals surface area contributed by atoms with Crippen LogP contribution in [0.5, 0.6) is 5.75 Å². The van der Waals surface area contributed by atoms with Crippen molar-refractivity contribution in [1.82, 2.24) is 14.6 Å². The van der Waals surface area contributed by atoms with E-state index >= 15 is 0 Å². The largest absolute Gasteiger partial charge is 0.506 e. The summed E-state index contributed by atoms with van der Waals surface area (Å²) < 4.78 is 38.0. The molecule has 4 heterocycles. The number of aliphatic hydroxyl groups is 1. The second kappa shape index (κ2) is 9.36. The van der Waals surface area contributed by atoms with Crippen LogP contribution in [0.4, 0.5) is 5.69 Å². The average Bonchev–Trinajstić information content (AvgIpc) is 3.48. The molecule has 0 aliphatic carbocycles. The number of nitrogens with zero attached hydrogens (tertiary/aromatic N) is 4. The molecule has 0 saturated carbocycles. The molecule has 0 radical (unpaired) electrons. The molecule has 13 heteroatoms. The summed E-state index contributed by atoms with van der Waals surface area (Å²) in [5.74, 6) is -0.120. The second-order valence-electron chi connectivity index (χ2n) is 10.3. The number of para-hydroxylation sites is 1. The molecule has 204 valence electrons. The van der Waals surface area contributed by atoms with Crippen LogP contribution in [-0.4, -0.2) is 64.8 Å². The molecule has 0 amide bonds. The van der Waals surface area contributed by atoms with Gasteiger partial charge in [-0.1, -0.05) is 26.0 Å². The number of nitrogens with one attached hydrogen (secondary N) is 2. The number of anilines is 1. The number of benzene rings is 2. The quantitative estimate of drug-likeness (QED) is 0.279. The van der Waals surface area contributed by atoms with Crippen LogP contribution in [0.25, 0.3) is 22.0 Å². The van der Waals surface area contributed by atoms with Crippen LogP contribution in [0, 0.1) is 5.92 Å². The number of aromatic nitrogens is 2. The van der Waals surface area contributed by atoms with Crippen molar-refractivity contribution < 1.29 is 23.0 Å². The Hall–Kier alpha value is -3.94. The highest BCUT2D eigenvalue weighted by molar-refractivity contribution is 7.90. The van der Waals surface area contributed by atoms with E-state index in [0.29, 0.717) is 49.4 Å². The lowest BCUT2D eigenvalue weighted by Gasteiger charge is -2.21. The zero-order valence-electron chi connectivity index (χ0n) is 21.4. The van der Waals surface area contributed by atoms with Crippen LogP contribution >= 0.6 is 0 Å². The van der Waals surface area contributed by atoms with Gasteiger partial charge in [0.15, 0.2) is 11.4 Å². The fourth-order valence-electron chi connectivity index (χ4n) is 4.98. The van der Waals surface area contributed by atoms with E-state index in [4.69, 9.17) is 4.42 Å². The Labute approximate surface area is 223 Å². The normalized spacial score (nSPS) is 18.9. The molecular weight excluding hydrogens is 524 g/mol. The van der Waals surface area contributed by atoms with Crippen molar-refractivity contribution >= 4 is 43.5 Å². The number of amidine groups is 1. The molecule has 1 saturated heterocycles. The van der Waals surface area contributed by atoms with Gasteiger partial charge in [0.2, 0.25) is 5.89 Å². The van der Waals surface area contributed by atoms with E-state index in [2.05, 4.69) is 20.1 Å². The van der Waals surface area contributed by atoms with Gasteiger partial charge in [0.1, 0.15) is 21.7 Å². The van der Waals surface area contributed by atoms with Crippen molar-refractivity contribution in [2.75, 3.05) is 30.4 Å². The van der Waals surface area contributed by atoms with Crippen molar-refractivity contribution in [2.45, 2.75) is 37.8 Å². The van der Waals surface area contributed by atoms with Gasteiger partial charge in [0, 0.05) is 25.0 Å². The molecule has 2 aliphatic rings. The van der Waals surface area contributed by atoms with Gasteiger partial charge in [-0.15, -0.1) is 4.40 Å². The first-order valence-electron chi connectivity index (χ1n) is 12.7. The number of aliphatic hydroxyl groups excluding tert-OH is 1. The number of β-amino-alcohol motifs (C(OH)–C–C–N with tert-alkyl or cyclic N) is 1. The number of pyridine rings is 1. The molecule has 1 fully saturated rings. The van der Waals surface area contributed by atoms with E-state index < -0.39 is 21.7 Å². The number of oxazole rings is 1. The number of sulfonamides is 1. The highest BCUT2D eigenvalue weighted by atomic mass is 32.2. The number of hydrogen-bond donors (Lipinski definition) is 4. The third-order valence-corrected chi connectivity index (χ3v) is 8.19. The predicted molar refractivity (Wildman–Crippen MR) is 146 cm³/mol. The molecule has 6 rings (SSSR count). The number of rotatable bonds is 6. The van der Waals surface area contributed by atoms with E-state index in [9.17, 15) is 23.4 Å². The van der Waals surface area contributed by atoms with Crippen LogP contribution in [0.15, 0.2) is 54.9 Å². The van der Waals surface area contributed by atoms with E-state index in [-0.39, 0.29) is 44.7 Å². The summed E-state index contributed by atoms with van der Waals surface area (Å²) in [5.41, 5.74) is 3.18. The van der Waals surface area contributed by atoms with E-state index in [1.54, 1.807) is 30.3 Å². The molecule has 4 N–H and O–H groups in total. The Morgan fingerprint density at radius 3 is 2.77 bits per heavy atom. The van der Waals surface area contributed by atoms with E-state index in [1.807, 2.05) is 18.7 Å². The standard InChI is InChI=1S/C26H28N6O6S/c1-14(2)11-27-32-18-6-4-3-5-16(18)23(34)21(26(32)35)25-28-17-7-8-19-22(24(17)39(36,37)30-25)29-20(38-19)13-31-10-9-15(33)12-31/h3-8,14-15,27,33-34H,9-13H2,1-2H3,(H,28,30)/t15-/m1/s1. The van der Waals surface area contributed by atoms with Crippen molar-refractivity contribution in [3.63, 3.8) is 0 Å². The Morgan fingerprint density at radius 1 is 1.23 bits per heavy atom. The predicted octanol–water partition coefficient (Wildman–Crippen LogP) is 2.18. The maximum atomic E-state index is 13.6. The van der Waals surface area contributed by atoms with Gasteiger partial charge in [-0.25, -0.2) is 9.66 Å². The smallest absolute Gasteiger partial charge is 0.288 e. The highest BCUT2D eigenvalue weighted by Crippen LogP contribution is 2.37. The van der Waals surface area contributed by atoms with Gasteiger partial charge in [0.05, 0.1) is 23.9 Å². The van der Waals surface area contributed by atoms with Gasteiger partial charge in [0.25, 0.3) is 15.6 Å². The average molecular weight is 553 g/mol. The summed E-state index contributed by atoms with van der Waals surface area (Å²) in [6.07, 6.45) is 0.248. The molecule has 0 spiro atoms. The summed E-state index contributed by atoms with van der Waals surface area (Å²) in [5, 5.41) is 24.2. The number of likely N-dealkylation sites (tertiary alicyclic amines) is 1. The van der Waals surface area contributed by atoms with Crippen LogP contribution in [0.3, 0.4) is 0 Å². The molecule has 39 heavy (non-hydrogen) atoms. The highest BCUT2D eigenvalue weighted by Gasteiger charge is 2.33. The van der Waals surface area contributed by atoms with Crippen molar-refractivity contribution in [3.8, 4) is 5.75 Å². The molecule has 4 aromatic rings. The van der Waals surface area contributed by atoms with Crippen molar-refractivity contribution in [2.24, 2.45) is 10.3 Å². The first kappa shape index (κ1) is 25.3. The number of aromatic hydroxyl groups is 1. The van der Waals surface area contributed by atoms with E-state index in [1.165, 1.54) is 10.7 Å². The second-order valence-corrected chi connectivity index (χ2v) is 11.8.